The minimum Gasteiger partial charge on any atom is -0.324 e. The van der Waals surface area contributed by atoms with Crippen LogP contribution in [0.4, 0.5) is 4.39 Å². The molecule has 1 atom stereocenters. The molecule has 18 heavy (non-hydrogen) atoms. The summed E-state index contributed by atoms with van der Waals surface area (Å²) < 4.78 is 14.2. The van der Waals surface area contributed by atoms with E-state index in [4.69, 9.17) is 5.73 Å². The molecular weight excluding hydrogens is 340 g/mol. The van der Waals surface area contributed by atoms with Crippen molar-refractivity contribution in [3.8, 4) is 0 Å². The van der Waals surface area contributed by atoms with Crippen molar-refractivity contribution in [3.63, 3.8) is 0 Å². The number of halogens is 2. The molecule has 2 aromatic rings. The van der Waals surface area contributed by atoms with Crippen molar-refractivity contribution in [1.82, 2.24) is 0 Å². The minimum atomic E-state index is -0.195. The Hall–Kier alpha value is -0.940. The van der Waals surface area contributed by atoms with E-state index in [0.29, 0.717) is 0 Å². The van der Waals surface area contributed by atoms with Gasteiger partial charge in [-0.05, 0) is 70.8 Å². The van der Waals surface area contributed by atoms with Crippen LogP contribution >= 0.6 is 22.6 Å². The molecule has 0 spiro atoms. The van der Waals surface area contributed by atoms with Crippen molar-refractivity contribution >= 4 is 22.6 Å². The second kappa shape index (κ2) is 5.80. The normalized spacial score (nSPS) is 12.4. The predicted octanol–water partition coefficient (Wildman–Crippen LogP) is 3.98. The fourth-order valence-corrected chi connectivity index (χ4v) is 2.80. The molecular formula is C15H15FIN. The largest absolute Gasteiger partial charge is 0.324 e. The monoisotopic (exact) mass is 355 g/mol. The molecule has 0 radical (unpaired) electrons. The van der Waals surface area contributed by atoms with Crippen molar-refractivity contribution in [2.45, 2.75) is 19.4 Å². The zero-order valence-electron chi connectivity index (χ0n) is 10.2. The van der Waals surface area contributed by atoms with Crippen LogP contribution < -0.4 is 5.73 Å². The standard InChI is InChI=1S/C15H15FIN/c1-10-8-12(16)7-6-11(10)9-15(18)13-4-2-3-5-14(13)17/h2-8,15H,9,18H2,1H3. The zero-order valence-corrected chi connectivity index (χ0v) is 12.3. The molecule has 2 rings (SSSR count). The van der Waals surface area contributed by atoms with E-state index in [9.17, 15) is 4.39 Å². The molecule has 1 nitrogen and oxygen atoms in total. The summed E-state index contributed by atoms with van der Waals surface area (Å²) in [5.41, 5.74) is 9.43. The number of hydrogen-bond donors (Lipinski definition) is 1. The fraction of sp³-hybridized carbons (Fsp3) is 0.200. The summed E-state index contributed by atoms with van der Waals surface area (Å²) in [6.07, 6.45) is 0.728. The van der Waals surface area contributed by atoms with Crippen molar-refractivity contribution in [2.24, 2.45) is 5.73 Å². The highest BCUT2D eigenvalue weighted by molar-refractivity contribution is 14.1. The maximum atomic E-state index is 13.0. The Morgan fingerprint density at radius 3 is 2.61 bits per heavy atom. The molecule has 2 aromatic carbocycles. The molecule has 1 unspecified atom stereocenters. The van der Waals surface area contributed by atoms with E-state index in [1.54, 1.807) is 6.07 Å². The molecule has 0 aliphatic rings. The van der Waals surface area contributed by atoms with Crippen LogP contribution in [0.1, 0.15) is 22.7 Å². The lowest BCUT2D eigenvalue weighted by atomic mass is 9.97. The molecule has 0 saturated heterocycles. The summed E-state index contributed by atoms with van der Waals surface area (Å²) in [6, 6.07) is 12.9. The second-order valence-corrected chi connectivity index (χ2v) is 5.57. The Morgan fingerprint density at radius 1 is 1.22 bits per heavy atom. The Bertz CT molecular complexity index is 554. The van der Waals surface area contributed by atoms with Gasteiger partial charge in [-0.3, -0.25) is 0 Å². The summed E-state index contributed by atoms with van der Waals surface area (Å²) in [6.45, 7) is 1.92. The fourth-order valence-electron chi connectivity index (χ4n) is 2.01. The third-order valence-corrected chi connectivity index (χ3v) is 4.03. The summed E-state index contributed by atoms with van der Waals surface area (Å²) in [5, 5.41) is 0. The first-order chi connectivity index (χ1) is 8.58. The zero-order chi connectivity index (χ0) is 13.1. The van der Waals surface area contributed by atoms with E-state index < -0.39 is 0 Å². The summed E-state index contributed by atoms with van der Waals surface area (Å²) in [4.78, 5) is 0. The molecule has 0 aromatic heterocycles. The topological polar surface area (TPSA) is 26.0 Å². The van der Waals surface area contributed by atoms with Crippen LogP contribution in [-0.2, 0) is 6.42 Å². The maximum absolute atomic E-state index is 13.0. The summed E-state index contributed by atoms with van der Waals surface area (Å²) in [5.74, 6) is -0.195. The van der Waals surface area contributed by atoms with Gasteiger partial charge >= 0.3 is 0 Å². The van der Waals surface area contributed by atoms with E-state index in [1.165, 1.54) is 9.64 Å². The van der Waals surface area contributed by atoms with Gasteiger partial charge < -0.3 is 5.73 Å². The minimum absolute atomic E-state index is 0.0535. The van der Waals surface area contributed by atoms with Gasteiger partial charge in [-0.1, -0.05) is 24.3 Å². The average molecular weight is 355 g/mol. The average Bonchev–Trinajstić information content (AvgIpc) is 2.33. The van der Waals surface area contributed by atoms with E-state index in [0.717, 1.165) is 23.1 Å². The Balaban J connectivity index is 2.21. The number of aryl methyl sites for hydroxylation is 1. The smallest absolute Gasteiger partial charge is 0.123 e. The highest BCUT2D eigenvalue weighted by atomic mass is 127. The lowest BCUT2D eigenvalue weighted by Crippen LogP contribution is -2.15. The van der Waals surface area contributed by atoms with Crippen LogP contribution in [0.5, 0.6) is 0 Å². The van der Waals surface area contributed by atoms with Gasteiger partial charge in [0.25, 0.3) is 0 Å². The van der Waals surface area contributed by atoms with E-state index in [2.05, 4.69) is 22.6 Å². The third kappa shape index (κ3) is 3.09. The van der Waals surface area contributed by atoms with Gasteiger partial charge in [0.15, 0.2) is 0 Å². The summed E-state index contributed by atoms with van der Waals surface area (Å²) >= 11 is 2.29. The van der Waals surface area contributed by atoms with Crippen molar-refractivity contribution < 1.29 is 4.39 Å². The predicted molar refractivity (Wildman–Crippen MR) is 80.9 cm³/mol. The van der Waals surface area contributed by atoms with Gasteiger partial charge in [-0.2, -0.15) is 0 Å². The molecule has 0 amide bonds. The number of nitrogens with two attached hydrogens (primary N) is 1. The summed E-state index contributed by atoms with van der Waals surface area (Å²) in [7, 11) is 0. The third-order valence-electron chi connectivity index (χ3n) is 3.05. The molecule has 0 aliphatic heterocycles. The van der Waals surface area contributed by atoms with Gasteiger partial charge in [0.1, 0.15) is 5.82 Å². The molecule has 0 bridgehead atoms. The van der Waals surface area contributed by atoms with Gasteiger partial charge in [-0.25, -0.2) is 4.39 Å². The van der Waals surface area contributed by atoms with Crippen molar-refractivity contribution in [3.05, 3.63) is 68.5 Å². The maximum Gasteiger partial charge on any atom is 0.123 e. The second-order valence-electron chi connectivity index (χ2n) is 4.40. The van der Waals surface area contributed by atoms with Crippen LogP contribution in [0.25, 0.3) is 0 Å². The van der Waals surface area contributed by atoms with Crippen LogP contribution in [0, 0.1) is 16.3 Å². The van der Waals surface area contributed by atoms with Gasteiger partial charge in [0, 0.05) is 9.61 Å². The number of rotatable bonds is 3. The number of benzene rings is 2. The first-order valence-corrected chi connectivity index (χ1v) is 6.91. The molecule has 0 saturated carbocycles. The van der Waals surface area contributed by atoms with Crippen LogP contribution in [0.3, 0.4) is 0 Å². The highest BCUT2D eigenvalue weighted by Gasteiger charge is 2.11. The molecule has 3 heteroatoms. The molecule has 0 aliphatic carbocycles. The number of hydrogen-bond acceptors (Lipinski definition) is 1. The lowest BCUT2D eigenvalue weighted by molar-refractivity contribution is 0.623. The SMILES string of the molecule is Cc1cc(F)ccc1CC(N)c1ccccc1I. The molecule has 0 heterocycles. The van der Waals surface area contributed by atoms with Crippen LogP contribution in [-0.4, -0.2) is 0 Å². The van der Waals surface area contributed by atoms with Crippen LogP contribution in [0.15, 0.2) is 42.5 Å². The van der Waals surface area contributed by atoms with E-state index >= 15 is 0 Å². The molecule has 2 N–H and O–H groups in total. The highest BCUT2D eigenvalue weighted by Crippen LogP contribution is 2.23. The van der Waals surface area contributed by atoms with E-state index in [-0.39, 0.29) is 11.9 Å². The molecule has 0 fully saturated rings. The van der Waals surface area contributed by atoms with Crippen molar-refractivity contribution in [2.75, 3.05) is 0 Å². The van der Waals surface area contributed by atoms with Crippen molar-refractivity contribution in [1.29, 1.82) is 0 Å². The Morgan fingerprint density at radius 2 is 1.94 bits per heavy atom. The van der Waals surface area contributed by atoms with Crippen LogP contribution in [0.2, 0.25) is 0 Å². The van der Waals surface area contributed by atoms with Gasteiger partial charge in [0.2, 0.25) is 0 Å². The van der Waals surface area contributed by atoms with E-state index in [1.807, 2.05) is 37.3 Å². The van der Waals surface area contributed by atoms with Gasteiger partial charge in [-0.15, -0.1) is 0 Å². The van der Waals surface area contributed by atoms with Gasteiger partial charge in [0.05, 0.1) is 0 Å². The molecule has 94 valence electrons. The Kier molecular flexibility index (Phi) is 4.35. The first-order valence-electron chi connectivity index (χ1n) is 5.83. The Labute approximate surface area is 120 Å². The lowest BCUT2D eigenvalue weighted by Gasteiger charge is -2.15. The first kappa shape index (κ1) is 13.5. The quantitative estimate of drug-likeness (QED) is 0.829.